The van der Waals surface area contributed by atoms with E-state index in [1.807, 2.05) is 19.1 Å². The summed E-state index contributed by atoms with van der Waals surface area (Å²) >= 11 is -3.43. The third-order valence-electron chi connectivity index (χ3n) is 5.10. The van der Waals surface area contributed by atoms with E-state index in [0.717, 1.165) is 25.3 Å². The number of aryl methyl sites for hydroxylation is 2. The Morgan fingerprint density at radius 1 is 0.972 bits per heavy atom. The first kappa shape index (κ1) is 29.3. The number of amides is 2. The Balaban J connectivity index is 2.64. The van der Waals surface area contributed by atoms with Gasteiger partial charge in [-0.05, 0) is 0 Å². The summed E-state index contributed by atoms with van der Waals surface area (Å²) in [7, 11) is 3.70. The zero-order valence-corrected chi connectivity index (χ0v) is 24.0. The molecule has 2 aromatic carbocycles. The molecule has 2 rings (SSSR count). The number of hydrogen-bond donors (Lipinski definition) is 0. The summed E-state index contributed by atoms with van der Waals surface area (Å²) in [4.78, 5) is 39.0. The van der Waals surface area contributed by atoms with Gasteiger partial charge < -0.3 is 0 Å². The van der Waals surface area contributed by atoms with Crippen LogP contribution in [0.5, 0.6) is 5.75 Å². The van der Waals surface area contributed by atoms with Crippen molar-refractivity contribution in [1.82, 2.24) is 4.90 Å². The SMILES string of the molecule is COC(=O)C(Cc1cc(OC)c(C)cc1I(F)c1ccc(C)cc1)N(C(=O)OC)C(=O)OC(C)(C)C. The van der Waals surface area contributed by atoms with Gasteiger partial charge in [0.05, 0.1) is 0 Å². The molecule has 36 heavy (non-hydrogen) atoms. The molecule has 10 heteroatoms. The van der Waals surface area contributed by atoms with E-state index in [2.05, 4.69) is 0 Å². The van der Waals surface area contributed by atoms with Crippen LogP contribution in [0.1, 0.15) is 37.5 Å². The monoisotopic (exact) mass is 617 g/mol. The molecule has 0 saturated heterocycles. The fourth-order valence-electron chi connectivity index (χ4n) is 3.35. The van der Waals surface area contributed by atoms with Crippen molar-refractivity contribution >= 4 is 38.5 Å². The van der Waals surface area contributed by atoms with Gasteiger partial charge in [0, 0.05) is 0 Å². The standard InChI is InChI=1S/C26H33FINO7/c1-16-9-11-19(12-10-16)28(27)20-13-17(2)22(33-6)15-18(20)14-21(23(30)34-7)29(24(31)35-8)25(32)36-26(3,4)5/h9-13,15,21H,14H2,1-8H3. The summed E-state index contributed by atoms with van der Waals surface area (Å²) in [6.45, 7) is 8.58. The van der Waals surface area contributed by atoms with E-state index in [0.29, 0.717) is 23.4 Å². The quantitative estimate of drug-likeness (QED) is 0.219. The predicted molar refractivity (Wildman–Crippen MR) is 141 cm³/mol. The van der Waals surface area contributed by atoms with Crippen molar-refractivity contribution in [2.24, 2.45) is 0 Å². The van der Waals surface area contributed by atoms with Crippen LogP contribution in [0.3, 0.4) is 0 Å². The first-order valence-electron chi connectivity index (χ1n) is 11.1. The molecule has 0 radical (unpaired) electrons. The summed E-state index contributed by atoms with van der Waals surface area (Å²) in [5.41, 5.74) is 1.19. The number of carbonyl (C=O) groups excluding carboxylic acids is 3. The van der Waals surface area contributed by atoms with E-state index in [4.69, 9.17) is 18.9 Å². The van der Waals surface area contributed by atoms with Crippen molar-refractivity contribution in [2.45, 2.75) is 52.7 Å². The normalized spacial score (nSPS) is 12.3. The molecular formula is C26H33FINO7. The maximum atomic E-state index is 16.0. The van der Waals surface area contributed by atoms with Crippen molar-refractivity contribution < 1.29 is 36.2 Å². The summed E-state index contributed by atoms with van der Waals surface area (Å²) in [5.74, 6) is -0.404. The Kier molecular flexibility index (Phi) is 10.1. The van der Waals surface area contributed by atoms with Crippen molar-refractivity contribution in [2.75, 3.05) is 21.3 Å². The van der Waals surface area contributed by atoms with Crippen LogP contribution < -0.4 is 4.74 Å². The van der Waals surface area contributed by atoms with E-state index in [1.165, 1.54) is 7.11 Å². The Hall–Kier alpha value is -2.89. The number of rotatable bonds is 7. The first-order chi connectivity index (χ1) is 16.8. The van der Waals surface area contributed by atoms with E-state index >= 15 is 2.86 Å². The van der Waals surface area contributed by atoms with Gasteiger partial charge in [0.2, 0.25) is 0 Å². The van der Waals surface area contributed by atoms with Crippen LogP contribution in [-0.4, -0.2) is 56.0 Å². The Bertz CT molecular complexity index is 1100. The van der Waals surface area contributed by atoms with Gasteiger partial charge in [-0.15, -0.1) is 0 Å². The van der Waals surface area contributed by atoms with Gasteiger partial charge in [0.25, 0.3) is 0 Å². The van der Waals surface area contributed by atoms with Crippen molar-refractivity contribution in [3.8, 4) is 5.75 Å². The predicted octanol–water partition coefficient (Wildman–Crippen LogP) is 5.83. The van der Waals surface area contributed by atoms with Crippen LogP contribution in [-0.2, 0) is 25.4 Å². The van der Waals surface area contributed by atoms with Crippen molar-refractivity contribution in [1.29, 1.82) is 0 Å². The molecule has 1 unspecified atom stereocenters. The number of esters is 1. The number of methoxy groups -OCH3 is 3. The number of nitrogens with zero attached hydrogens (tertiary/aromatic N) is 1. The zero-order chi connectivity index (χ0) is 27.2. The number of imide groups is 1. The molecule has 0 heterocycles. The average Bonchev–Trinajstić information content (AvgIpc) is 2.82. The minimum absolute atomic E-state index is 0.225. The van der Waals surface area contributed by atoms with Crippen molar-refractivity contribution in [3.63, 3.8) is 0 Å². The third-order valence-corrected chi connectivity index (χ3v) is 8.94. The first-order valence-corrected chi connectivity index (χ1v) is 14.1. The molecule has 0 bridgehead atoms. The zero-order valence-electron chi connectivity index (χ0n) is 21.8. The van der Waals surface area contributed by atoms with Gasteiger partial charge in [-0.1, -0.05) is 0 Å². The van der Waals surface area contributed by atoms with Gasteiger partial charge in [0.1, 0.15) is 0 Å². The van der Waals surface area contributed by atoms with Crippen LogP contribution in [0.25, 0.3) is 0 Å². The van der Waals surface area contributed by atoms with Gasteiger partial charge in [-0.3, -0.25) is 0 Å². The summed E-state index contributed by atoms with van der Waals surface area (Å²) in [6, 6.07) is 9.05. The van der Waals surface area contributed by atoms with Gasteiger partial charge in [0.15, 0.2) is 0 Å². The van der Waals surface area contributed by atoms with Crippen LogP contribution in [0.2, 0.25) is 0 Å². The second kappa shape index (κ2) is 12.4. The topological polar surface area (TPSA) is 91.4 Å². The average molecular weight is 617 g/mol. The molecule has 0 aliphatic heterocycles. The number of benzene rings is 2. The number of halogens is 2. The molecule has 8 nitrogen and oxygen atoms in total. The molecule has 0 aliphatic rings. The fourth-order valence-corrected chi connectivity index (χ4v) is 6.74. The molecule has 0 saturated carbocycles. The van der Waals surface area contributed by atoms with Crippen LogP contribution in [0, 0.1) is 21.0 Å². The van der Waals surface area contributed by atoms with Crippen LogP contribution in [0.4, 0.5) is 12.4 Å². The fraction of sp³-hybridized carbons (Fsp3) is 0.423. The molecule has 0 fully saturated rings. The van der Waals surface area contributed by atoms with E-state index in [-0.39, 0.29) is 6.42 Å². The Labute approximate surface area is 219 Å². The summed E-state index contributed by atoms with van der Waals surface area (Å²) < 4.78 is 37.5. The summed E-state index contributed by atoms with van der Waals surface area (Å²) in [6.07, 6.45) is -2.41. The molecule has 198 valence electrons. The number of hydrogen-bond acceptors (Lipinski definition) is 7. The molecule has 2 amide bonds. The molecule has 1 atom stereocenters. The van der Waals surface area contributed by atoms with Crippen LogP contribution in [0.15, 0.2) is 36.4 Å². The maximum absolute atomic E-state index is 16.0. The van der Waals surface area contributed by atoms with Crippen LogP contribution >= 0.6 is 20.4 Å². The summed E-state index contributed by atoms with van der Waals surface area (Å²) in [5, 5.41) is 0. The molecule has 0 spiro atoms. The van der Waals surface area contributed by atoms with Gasteiger partial charge in [-0.25, -0.2) is 0 Å². The van der Waals surface area contributed by atoms with E-state index in [9.17, 15) is 14.4 Å². The van der Waals surface area contributed by atoms with Crippen molar-refractivity contribution in [3.05, 3.63) is 60.2 Å². The molecule has 2 aromatic rings. The number of ether oxygens (including phenoxy) is 4. The van der Waals surface area contributed by atoms with E-state index < -0.39 is 50.2 Å². The minimum atomic E-state index is -3.43. The third kappa shape index (κ3) is 7.31. The molecule has 0 N–H and O–H groups in total. The number of carbonyl (C=O) groups is 3. The molecular weight excluding hydrogens is 584 g/mol. The Morgan fingerprint density at radius 2 is 1.58 bits per heavy atom. The van der Waals surface area contributed by atoms with Gasteiger partial charge >= 0.3 is 220 Å². The Morgan fingerprint density at radius 3 is 2.08 bits per heavy atom. The van der Waals surface area contributed by atoms with Gasteiger partial charge in [-0.2, -0.15) is 0 Å². The second-order valence-electron chi connectivity index (χ2n) is 9.01. The molecule has 0 aromatic heterocycles. The van der Waals surface area contributed by atoms with E-state index in [1.54, 1.807) is 52.0 Å². The second-order valence-corrected chi connectivity index (χ2v) is 12.8. The molecule has 0 aliphatic carbocycles.